The second kappa shape index (κ2) is 11.6. The number of piperidine rings is 1. The molecule has 0 bridgehead atoms. The SMILES string of the molecule is CN1CCC[C@H]1CCNC(=O)[C@@H]1C[C@H](COc2cccc(F)c2)CN(Cc2ccncc2)C1. The van der Waals surface area contributed by atoms with Crippen LogP contribution in [0, 0.1) is 17.7 Å². The van der Waals surface area contributed by atoms with E-state index in [4.69, 9.17) is 4.74 Å². The van der Waals surface area contributed by atoms with E-state index in [1.54, 1.807) is 24.5 Å². The van der Waals surface area contributed by atoms with Crippen LogP contribution in [0.2, 0.25) is 0 Å². The molecule has 1 amide bonds. The third-order valence-corrected chi connectivity index (χ3v) is 6.87. The summed E-state index contributed by atoms with van der Waals surface area (Å²) in [7, 11) is 2.17. The number of likely N-dealkylation sites (tertiary alicyclic amines) is 2. The highest BCUT2D eigenvalue weighted by Gasteiger charge is 2.32. The molecule has 0 saturated carbocycles. The third-order valence-electron chi connectivity index (χ3n) is 6.87. The van der Waals surface area contributed by atoms with Crippen LogP contribution in [0.15, 0.2) is 48.8 Å². The summed E-state index contributed by atoms with van der Waals surface area (Å²) in [6, 6.07) is 10.8. The second-order valence-electron chi connectivity index (χ2n) is 9.47. The van der Waals surface area contributed by atoms with Crippen molar-refractivity contribution in [3.8, 4) is 5.75 Å². The van der Waals surface area contributed by atoms with Gasteiger partial charge >= 0.3 is 0 Å². The fourth-order valence-electron chi connectivity index (χ4n) is 5.11. The van der Waals surface area contributed by atoms with Crippen LogP contribution in [0.4, 0.5) is 4.39 Å². The second-order valence-corrected chi connectivity index (χ2v) is 9.47. The number of halogens is 1. The first-order valence-corrected chi connectivity index (χ1v) is 12.0. The molecule has 3 heterocycles. The number of hydrogen-bond donors (Lipinski definition) is 1. The number of nitrogens with one attached hydrogen (secondary N) is 1. The highest BCUT2D eigenvalue weighted by atomic mass is 19.1. The van der Waals surface area contributed by atoms with E-state index in [0.717, 1.165) is 45.6 Å². The summed E-state index contributed by atoms with van der Waals surface area (Å²) in [5, 5.41) is 3.19. The fraction of sp³-hybridized carbons (Fsp3) is 0.538. The van der Waals surface area contributed by atoms with Crippen molar-refractivity contribution in [2.45, 2.75) is 38.3 Å². The minimum atomic E-state index is -0.305. The van der Waals surface area contributed by atoms with Gasteiger partial charge in [0.2, 0.25) is 5.91 Å². The van der Waals surface area contributed by atoms with E-state index >= 15 is 0 Å². The number of amides is 1. The molecule has 6 nitrogen and oxygen atoms in total. The van der Waals surface area contributed by atoms with Crippen LogP contribution < -0.4 is 10.1 Å². The van der Waals surface area contributed by atoms with Crippen LogP contribution in [0.5, 0.6) is 5.75 Å². The normalized spacial score (nSPS) is 24.0. The van der Waals surface area contributed by atoms with E-state index in [9.17, 15) is 9.18 Å². The van der Waals surface area contributed by atoms with Crippen molar-refractivity contribution in [3.63, 3.8) is 0 Å². The molecule has 2 aliphatic rings. The molecule has 0 aliphatic carbocycles. The standard InChI is InChI=1S/C26H35FN4O2/c1-30-13-3-5-24(30)9-12-29-26(32)22-14-21(19-33-25-6-2-4-23(27)15-25)17-31(18-22)16-20-7-10-28-11-8-20/h2,4,6-8,10-11,15,21-22,24H,3,5,9,12-14,16-19H2,1H3,(H,29,32)/t21-,22+,24-/m0/s1. The van der Waals surface area contributed by atoms with Crippen molar-refractivity contribution in [2.24, 2.45) is 11.8 Å². The first-order valence-electron chi connectivity index (χ1n) is 12.0. The Bertz CT molecular complexity index is 897. The number of aromatic nitrogens is 1. The Morgan fingerprint density at radius 2 is 2.09 bits per heavy atom. The van der Waals surface area contributed by atoms with Gasteiger partial charge in [-0.2, -0.15) is 0 Å². The van der Waals surface area contributed by atoms with Gasteiger partial charge in [0.05, 0.1) is 12.5 Å². The number of benzene rings is 1. The zero-order valence-electron chi connectivity index (χ0n) is 19.5. The molecule has 2 saturated heterocycles. The summed E-state index contributed by atoms with van der Waals surface area (Å²) in [4.78, 5) is 21.9. The number of carbonyl (C=O) groups excluding carboxylic acids is 1. The molecular formula is C26H35FN4O2. The third kappa shape index (κ3) is 6.98. The Labute approximate surface area is 196 Å². The maximum Gasteiger partial charge on any atom is 0.224 e. The molecule has 1 aromatic carbocycles. The van der Waals surface area contributed by atoms with E-state index in [1.807, 2.05) is 12.1 Å². The van der Waals surface area contributed by atoms with Crippen molar-refractivity contribution < 1.29 is 13.9 Å². The summed E-state index contributed by atoms with van der Waals surface area (Å²) in [6.07, 6.45) is 7.84. The number of ether oxygens (including phenoxy) is 1. The lowest BCUT2D eigenvalue weighted by molar-refractivity contribution is -0.127. The van der Waals surface area contributed by atoms with Gasteiger partial charge in [0.25, 0.3) is 0 Å². The number of rotatable bonds is 9. The Morgan fingerprint density at radius 1 is 1.24 bits per heavy atom. The van der Waals surface area contributed by atoms with E-state index in [-0.39, 0.29) is 23.6 Å². The van der Waals surface area contributed by atoms with Crippen LogP contribution in [-0.2, 0) is 11.3 Å². The Balaban J connectivity index is 1.34. The minimum Gasteiger partial charge on any atom is -0.493 e. The molecule has 0 spiro atoms. The lowest BCUT2D eigenvalue weighted by atomic mass is 9.88. The highest BCUT2D eigenvalue weighted by molar-refractivity contribution is 5.79. The smallest absolute Gasteiger partial charge is 0.224 e. The van der Waals surface area contributed by atoms with Crippen LogP contribution >= 0.6 is 0 Å². The summed E-state index contributed by atoms with van der Waals surface area (Å²) >= 11 is 0. The molecular weight excluding hydrogens is 419 g/mol. The average molecular weight is 455 g/mol. The predicted octanol–water partition coefficient (Wildman–Crippen LogP) is 3.34. The molecule has 4 rings (SSSR count). The fourth-order valence-corrected chi connectivity index (χ4v) is 5.11. The van der Waals surface area contributed by atoms with Gasteiger partial charge in [-0.05, 0) is 69.1 Å². The molecule has 2 aromatic rings. The van der Waals surface area contributed by atoms with Gasteiger partial charge in [-0.15, -0.1) is 0 Å². The molecule has 2 aliphatic heterocycles. The van der Waals surface area contributed by atoms with Crippen LogP contribution in [-0.4, -0.2) is 66.6 Å². The van der Waals surface area contributed by atoms with Crippen LogP contribution in [0.3, 0.4) is 0 Å². The largest absolute Gasteiger partial charge is 0.493 e. The van der Waals surface area contributed by atoms with Gasteiger partial charge in [0, 0.05) is 56.6 Å². The monoisotopic (exact) mass is 454 g/mol. The average Bonchev–Trinajstić information content (AvgIpc) is 3.23. The molecule has 1 N–H and O–H groups in total. The highest BCUT2D eigenvalue weighted by Crippen LogP contribution is 2.25. The lowest BCUT2D eigenvalue weighted by Crippen LogP contribution is -2.47. The van der Waals surface area contributed by atoms with Gasteiger partial charge in [-0.25, -0.2) is 4.39 Å². The zero-order valence-corrected chi connectivity index (χ0v) is 19.5. The molecule has 0 unspecified atom stereocenters. The topological polar surface area (TPSA) is 57.7 Å². The van der Waals surface area contributed by atoms with Gasteiger partial charge < -0.3 is 15.0 Å². The summed E-state index contributed by atoms with van der Waals surface area (Å²) in [5.41, 5.74) is 1.18. The Morgan fingerprint density at radius 3 is 2.85 bits per heavy atom. The molecule has 2 fully saturated rings. The van der Waals surface area contributed by atoms with Gasteiger partial charge in [0.15, 0.2) is 0 Å². The quantitative estimate of drug-likeness (QED) is 0.630. The molecule has 0 radical (unpaired) electrons. The van der Waals surface area contributed by atoms with Crippen molar-refractivity contribution in [1.29, 1.82) is 0 Å². The number of pyridine rings is 1. The maximum atomic E-state index is 13.5. The van der Waals surface area contributed by atoms with Gasteiger partial charge in [-0.3, -0.25) is 14.7 Å². The van der Waals surface area contributed by atoms with E-state index < -0.39 is 0 Å². The maximum absolute atomic E-state index is 13.5. The Kier molecular flexibility index (Phi) is 8.29. The first-order chi connectivity index (χ1) is 16.1. The lowest BCUT2D eigenvalue weighted by Gasteiger charge is -2.37. The van der Waals surface area contributed by atoms with Crippen molar-refractivity contribution in [1.82, 2.24) is 20.1 Å². The first kappa shape index (κ1) is 23.6. The van der Waals surface area contributed by atoms with Gasteiger partial charge in [0.1, 0.15) is 11.6 Å². The van der Waals surface area contributed by atoms with Crippen molar-refractivity contribution >= 4 is 5.91 Å². The minimum absolute atomic E-state index is 0.0806. The predicted molar refractivity (Wildman–Crippen MR) is 126 cm³/mol. The molecule has 33 heavy (non-hydrogen) atoms. The zero-order chi connectivity index (χ0) is 23.0. The summed E-state index contributed by atoms with van der Waals surface area (Å²) < 4.78 is 19.4. The van der Waals surface area contributed by atoms with Crippen molar-refractivity contribution in [2.75, 3.05) is 39.8 Å². The number of carbonyl (C=O) groups is 1. The van der Waals surface area contributed by atoms with Gasteiger partial charge in [-0.1, -0.05) is 6.07 Å². The van der Waals surface area contributed by atoms with Crippen LogP contribution in [0.25, 0.3) is 0 Å². The molecule has 7 heteroatoms. The molecule has 3 atom stereocenters. The Hall–Kier alpha value is -2.51. The van der Waals surface area contributed by atoms with E-state index in [2.05, 4.69) is 27.1 Å². The molecule has 178 valence electrons. The summed E-state index contributed by atoms with van der Waals surface area (Å²) in [6.45, 7) is 4.68. The molecule has 1 aromatic heterocycles. The summed E-state index contributed by atoms with van der Waals surface area (Å²) in [5.74, 6) is 0.470. The van der Waals surface area contributed by atoms with E-state index in [0.29, 0.717) is 18.4 Å². The number of hydrogen-bond acceptors (Lipinski definition) is 5. The van der Waals surface area contributed by atoms with Crippen molar-refractivity contribution in [3.05, 3.63) is 60.2 Å². The van der Waals surface area contributed by atoms with Crippen LogP contribution in [0.1, 0.15) is 31.2 Å². The number of nitrogens with zero attached hydrogens (tertiary/aromatic N) is 3. The van der Waals surface area contributed by atoms with E-state index in [1.165, 1.54) is 30.5 Å².